The molecular formula is C19H14ClFN4O2. The summed E-state index contributed by atoms with van der Waals surface area (Å²) in [4.78, 5) is 9.42. The average molecular weight is 385 g/mol. The molecule has 27 heavy (non-hydrogen) atoms. The monoisotopic (exact) mass is 384 g/mol. The summed E-state index contributed by atoms with van der Waals surface area (Å²) in [6.07, 6.45) is 4.72. The van der Waals surface area contributed by atoms with Crippen LogP contribution < -0.4 is 4.74 Å². The summed E-state index contributed by atoms with van der Waals surface area (Å²) in [5, 5.41) is 13.6. The van der Waals surface area contributed by atoms with E-state index in [9.17, 15) is 9.65 Å². The number of ether oxygens (including phenoxy) is 1. The molecule has 0 unspecified atom stereocenters. The highest BCUT2D eigenvalue weighted by Gasteiger charge is 2.13. The second-order valence-electron chi connectivity index (χ2n) is 5.33. The molecule has 0 N–H and O–H groups in total. The maximum absolute atomic E-state index is 13.7. The zero-order chi connectivity index (χ0) is 19.2. The molecule has 0 aliphatic rings. The molecule has 3 aromatic rings. The zero-order valence-corrected chi connectivity index (χ0v) is 15.0. The lowest BCUT2D eigenvalue weighted by Crippen LogP contribution is -2.05. The average Bonchev–Trinajstić information content (AvgIpc) is 3.14. The molecular weight excluding hydrogens is 371 g/mol. The van der Waals surface area contributed by atoms with Gasteiger partial charge in [0.2, 0.25) is 0 Å². The molecule has 0 fully saturated rings. The Morgan fingerprint density at radius 2 is 2.19 bits per heavy atom. The van der Waals surface area contributed by atoms with Crippen LogP contribution in [0.2, 0.25) is 5.02 Å². The summed E-state index contributed by atoms with van der Waals surface area (Å²) in [6, 6.07) is 11.6. The minimum Gasteiger partial charge on any atom is -0.495 e. The highest BCUT2D eigenvalue weighted by molar-refractivity contribution is 6.31. The molecule has 0 bridgehead atoms. The molecule has 0 atom stereocenters. The number of benzene rings is 1. The lowest BCUT2D eigenvalue weighted by molar-refractivity contribution is 0.129. The number of nitrogens with zero attached hydrogens (tertiary/aromatic N) is 4. The molecule has 136 valence electrons. The van der Waals surface area contributed by atoms with Gasteiger partial charge in [0, 0.05) is 18.0 Å². The van der Waals surface area contributed by atoms with Gasteiger partial charge in [-0.25, -0.2) is 9.37 Å². The molecule has 0 aliphatic heterocycles. The molecule has 1 aromatic carbocycles. The number of oxime groups is 1. The summed E-state index contributed by atoms with van der Waals surface area (Å²) >= 11 is 5.95. The van der Waals surface area contributed by atoms with Crippen LogP contribution in [0.3, 0.4) is 0 Å². The molecule has 0 amide bonds. The molecule has 0 aliphatic carbocycles. The quantitative estimate of drug-likeness (QED) is 0.474. The van der Waals surface area contributed by atoms with Crippen LogP contribution in [-0.2, 0) is 11.4 Å². The van der Waals surface area contributed by atoms with Gasteiger partial charge in [0.05, 0.1) is 24.0 Å². The van der Waals surface area contributed by atoms with Crippen molar-refractivity contribution in [3.05, 3.63) is 76.5 Å². The van der Waals surface area contributed by atoms with Crippen molar-refractivity contribution < 1.29 is 14.0 Å². The Morgan fingerprint density at radius 3 is 2.93 bits per heavy atom. The van der Waals surface area contributed by atoms with Crippen molar-refractivity contribution >= 4 is 17.8 Å². The molecule has 0 radical (unpaired) electrons. The maximum Gasteiger partial charge on any atom is 0.158 e. The van der Waals surface area contributed by atoms with E-state index in [0.717, 1.165) is 0 Å². The van der Waals surface area contributed by atoms with Crippen LogP contribution >= 0.6 is 11.6 Å². The standard InChI is InChI=1S/C19H14ClFN4O2/c1-26-18-7-8-23-19(14(18)10-22)25-9-3-4-13(25)11-24-27-12-15-16(20)5-2-6-17(15)21/h2-9,11H,12H2,1H3/b24-11-. The van der Waals surface area contributed by atoms with Gasteiger partial charge in [0.25, 0.3) is 0 Å². The molecule has 3 rings (SSSR count). The first-order valence-corrected chi connectivity index (χ1v) is 8.22. The number of pyridine rings is 1. The predicted molar refractivity (Wildman–Crippen MR) is 98.6 cm³/mol. The smallest absolute Gasteiger partial charge is 0.158 e. The number of hydrogen-bond acceptors (Lipinski definition) is 5. The highest BCUT2D eigenvalue weighted by Crippen LogP contribution is 2.23. The SMILES string of the molecule is COc1ccnc(-n2cccc2/C=N\OCc2c(F)cccc2Cl)c1C#N. The largest absolute Gasteiger partial charge is 0.495 e. The maximum atomic E-state index is 13.7. The molecule has 0 saturated carbocycles. The van der Waals surface area contributed by atoms with Gasteiger partial charge in [-0.2, -0.15) is 5.26 Å². The van der Waals surface area contributed by atoms with Gasteiger partial charge in [-0.05, 0) is 30.3 Å². The van der Waals surface area contributed by atoms with Crippen molar-refractivity contribution in [3.63, 3.8) is 0 Å². The van der Waals surface area contributed by atoms with Crippen LogP contribution in [0.1, 0.15) is 16.8 Å². The highest BCUT2D eigenvalue weighted by atomic mass is 35.5. The van der Waals surface area contributed by atoms with Gasteiger partial charge in [0.15, 0.2) is 5.82 Å². The van der Waals surface area contributed by atoms with Crippen molar-refractivity contribution in [2.45, 2.75) is 6.61 Å². The van der Waals surface area contributed by atoms with Crippen molar-refractivity contribution in [1.82, 2.24) is 9.55 Å². The first kappa shape index (κ1) is 18.4. The first-order chi connectivity index (χ1) is 13.2. The molecule has 0 spiro atoms. The van der Waals surface area contributed by atoms with E-state index in [1.54, 1.807) is 41.2 Å². The van der Waals surface area contributed by atoms with Crippen LogP contribution in [0, 0.1) is 17.1 Å². The van der Waals surface area contributed by atoms with E-state index < -0.39 is 5.82 Å². The predicted octanol–water partition coefficient (Wildman–Crippen LogP) is 4.10. The minimum absolute atomic E-state index is 0.108. The van der Waals surface area contributed by atoms with Gasteiger partial charge in [-0.15, -0.1) is 0 Å². The Hall–Kier alpha value is -3.37. The van der Waals surface area contributed by atoms with Gasteiger partial charge in [-0.1, -0.05) is 22.8 Å². The molecule has 0 saturated heterocycles. The third-order valence-electron chi connectivity index (χ3n) is 3.76. The third-order valence-corrected chi connectivity index (χ3v) is 4.12. The Bertz CT molecular complexity index is 1010. The van der Waals surface area contributed by atoms with Crippen LogP contribution in [0.15, 0.2) is 53.9 Å². The lowest BCUT2D eigenvalue weighted by atomic mass is 10.2. The van der Waals surface area contributed by atoms with Crippen molar-refractivity contribution in [1.29, 1.82) is 5.26 Å². The van der Waals surface area contributed by atoms with Crippen LogP contribution in [0.4, 0.5) is 4.39 Å². The first-order valence-electron chi connectivity index (χ1n) is 7.84. The molecule has 6 nitrogen and oxygen atoms in total. The van der Waals surface area contributed by atoms with E-state index in [2.05, 4.69) is 16.2 Å². The second-order valence-corrected chi connectivity index (χ2v) is 5.74. The topological polar surface area (TPSA) is 72.4 Å². The minimum atomic E-state index is -0.458. The van der Waals surface area contributed by atoms with E-state index in [-0.39, 0.29) is 17.2 Å². The molecule has 8 heteroatoms. The Kier molecular flexibility index (Phi) is 5.69. The summed E-state index contributed by atoms with van der Waals surface area (Å²) in [5.41, 5.74) is 1.14. The van der Waals surface area contributed by atoms with Gasteiger partial charge in [0.1, 0.15) is 29.8 Å². The van der Waals surface area contributed by atoms with E-state index in [4.69, 9.17) is 21.2 Å². The second kappa shape index (κ2) is 8.34. The number of methoxy groups -OCH3 is 1. The Balaban J connectivity index is 1.81. The van der Waals surface area contributed by atoms with E-state index in [1.807, 2.05) is 0 Å². The summed E-state index contributed by atoms with van der Waals surface area (Å²) in [6.45, 7) is -0.108. The van der Waals surface area contributed by atoms with Crippen LogP contribution in [-0.4, -0.2) is 22.9 Å². The van der Waals surface area contributed by atoms with Crippen LogP contribution in [0.25, 0.3) is 5.82 Å². The van der Waals surface area contributed by atoms with Gasteiger partial charge < -0.3 is 9.57 Å². The number of hydrogen-bond donors (Lipinski definition) is 0. The van der Waals surface area contributed by atoms with Gasteiger partial charge in [-0.3, -0.25) is 4.57 Å². The molecule has 2 aromatic heterocycles. The van der Waals surface area contributed by atoms with E-state index in [1.165, 1.54) is 25.5 Å². The fourth-order valence-electron chi connectivity index (χ4n) is 2.45. The fraction of sp³-hybridized carbons (Fsp3) is 0.105. The zero-order valence-electron chi connectivity index (χ0n) is 14.3. The summed E-state index contributed by atoms with van der Waals surface area (Å²) < 4.78 is 20.6. The van der Waals surface area contributed by atoms with Crippen molar-refractivity contribution in [2.24, 2.45) is 5.16 Å². The number of aromatic nitrogens is 2. The van der Waals surface area contributed by atoms with E-state index in [0.29, 0.717) is 22.8 Å². The third kappa shape index (κ3) is 3.91. The van der Waals surface area contributed by atoms with Crippen molar-refractivity contribution in [3.8, 4) is 17.6 Å². The lowest BCUT2D eigenvalue weighted by Gasteiger charge is -2.10. The summed E-state index contributed by atoms with van der Waals surface area (Å²) in [5.74, 6) is 0.366. The number of nitriles is 1. The van der Waals surface area contributed by atoms with Crippen LogP contribution in [0.5, 0.6) is 5.75 Å². The van der Waals surface area contributed by atoms with E-state index >= 15 is 0 Å². The van der Waals surface area contributed by atoms with Gasteiger partial charge >= 0.3 is 0 Å². The summed E-state index contributed by atoms with van der Waals surface area (Å²) in [7, 11) is 1.49. The fourth-order valence-corrected chi connectivity index (χ4v) is 2.66. The Morgan fingerprint density at radius 1 is 1.33 bits per heavy atom. The molecule has 2 heterocycles. The number of halogens is 2. The Labute approximate surface area is 160 Å². The normalized spacial score (nSPS) is 10.7. The number of rotatable bonds is 6. The van der Waals surface area contributed by atoms with Crippen molar-refractivity contribution in [2.75, 3.05) is 7.11 Å².